The standard InChI is InChI=1S/C14H17N3O5S/c1-2-11(9-18)16-8-10(7-15)14(19)17-12-3-5-13(6-4-12)23(20,21)22/h3-6,8,11,16,18H,2,9H2,1H3,(H,17,19)(H,20,21,22)/b10-8-. The van der Waals surface area contributed by atoms with Crippen molar-refractivity contribution >= 4 is 21.7 Å². The van der Waals surface area contributed by atoms with Crippen LogP contribution in [0.25, 0.3) is 0 Å². The van der Waals surface area contributed by atoms with Crippen molar-refractivity contribution in [2.75, 3.05) is 11.9 Å². The first-order valence-corrected chi connectivity index (χ1v) is 8.12. The number of carbonyl (C=O) groups excluding carboxylic acids is 1. The van der Waals surface area contributed by atoms with Crippen LogP contribution in [0, 0.1) is 11.3 Å². The zero-order valence-corrected chi connectivity index (χ0v) is 13.2. The molecule has 1 amide bonds. The van der Waals surface area contributed by atoms with Crippen LogP contribution >= 0.6 is 0 Å². The summed E-state index contributed by atoms with van der Waals surface area (Å²) in [6, 6.07) is 6.28. The van der Waals surface area contributed by atoms with Crippen molar-refractivity contribution in [3.8, 4) is 6.07 Å². The van der Waals surface area contributed by atoms with Gasteiger partial charge in [-0.3, -0.25) is 9.35 Å². The molecule has 1 aromatic carbocycles. The van der Waals surface area contributed by atoms with Gasteiger partial charge in [0.25, 0.3) is 16.0 Å². The molecule has 9 heteroatoms. The van der Waals surface area contributed by atoms with Crippen LogP contribution in [0.3, 0.4) is 0 Å². The van der Waals surface area contributed by atoms with E-state index in [0.29, 0.717) is 6.42 Å². The molecule has 1 aromatic rings. The Labute approximate surface area is 134 Å². The van der Waals surface area contributed by atoms with Crippen LogP contribution in [-0.4, -0.2) is 36.6 Å². The minimum absolute atomic E-state index is 0.135. The molecule has 0 aliphatic heterocycles. The minimum Gasteiger partial charge on any atom is -0.394 e. The number of anilines is 1. The fraction of sp³-hybridized carbons (Fsp3) is 0.286. The maximum Gasteiger partial charge on any atom is 0.294 e. The number of benzene rings is 1. The van der Waals surface area contributed by atoms with Crippen molar-refractivity contribution < 1.29 is 22.9 Å². The molecule has 0 saturated heterocycles. The lowest BCUT2D eigenvalue weighted by atomic mass is 10.2. The SMILES string of the molecule is CCC(CO)N/C=C(/C#N)C(=O)Nc1ccc(S(=O)(=O)O)cc1. The van der Waals surface area contributed by atoms with E-state index >= 15 is 0 Å². The number of nitrogens with zero attached hydrogens (tertiary/aromatic N) is 1. The molecule has 4 N–H and O–H groups in total. The molecule has 1 unspecified atom stereocenters. The van der Waals surface area contributed by atoms with Crippen LogP contribution in [0.1, 0.15) is 13.3 Å². The summed E-state index contributed by atoms with van der Waals surface area (Å²) in [4.78, 5) is 11.6. The molecule has 0 spiro atoms. The highest BCUT2D eigenvalue weighted by Gasteiger charge is 2.12. The van der Waals surface area contributed by atoms with Crippen LogP contribution in [0.15, 0.2) is 40.9 Å². The van der Waals surface area contributed by atoms with Gasteiger partial charge in [-0.25, -0.2) is 0 Å². The van der Waals surface area contributed by atoms with Gasteiger partial charge < -0.3 is 15.7 Å². The summed E-state index contributed by atoms with van der Waals surface area (Å²) in [6.07, 6.45) is 1.83. The lowest BCUT2D eigenvalue weighted by molar-refractivity contribution is -0.112. The van der Waals surface area contributed by atoms with Gasteiger partial charge in [-0.1, -0.05) is 6.92 Å². The summed E-state index contributed by atoms with van der Waals surface area (Å²) in [5.41, 5.74) is 0.0634. The summed E-state index contributed by atoms with van der Waals surface area (Å²) in [5.74, 6) is -0.688. The van der Waals surface area contributed by atoms with Crippen LogP contribution < -0.4 is 10.6 Å². The number of aliphatic hydroxyl groups is 1. The monoisotopic (exact) mass is 339 g/mol. The van der Waals surface area contributed by atoms with Gasteiger partial charge in [-0.2, -0.15) is 13.7 Å². The molecule has 1 atom stereocenters. The van der Waals surface area contributed by atoms with Gasteiger partial charge >= 0.3 is 0 Å². The highest BCUT2D eigenvalue weighted by Crippen LogP contribution is 2.14. The number of nitriles is 1. The molecule has 0 aliphatic carbocycles. The van der Waals surface area contributed by atoms with E-state index in [1.807, 2.05) is 6.92 Å². The lowest BCUT2D eigenvalue weighted by Gasteiger charge is -2.12. The molecule has 0 heterocycles. The smallest absolute Gasteiger partial charge is 0.294 e. The van der Waals surface area contributed by atoms with Crippen molar-refractivity contribution in [2.45, 2.75) is 24.3 Å². The molecule has 23 heavy (non-hydrogen) atoms. The third-order valence-corrected chi connectivity index (χ3v) is 3.82. The predicted molar refractivity (Wildman–Crippen MR) is 82.9 cm³/mol. The Hall–Kier alpha value is -2.41. The van der Waals surface area contributed by atoms with E-state index in [2.05, 4.69) is 10.6 Å². The zero-order chi connectivity index (χ0) is 17.5. The fourth-order valence-corrected chi connectivity index (χ4v) is 2.04. The number of amides is 1. The molecule has 0 radical (unpaired) electrons. The molecular weight excluding hydrogens is 322 g/mol. The Morgan fingerprint density at radius 3 is 2.43 bits per heavy atom. The van der Waals surface area contributed by atoms with E-state index in [1.165, 1.54) is 18.3 Å². The summed E-state index contributed by atoms with van der Waals surface area (Å²) in [7, 11) is -4.30. The first-order valence-electron chi connectivity index (χ1n) is 6.67. The van der Waals surface area contributed by atoms with E-state index in [9.17, 15) is 13.2 Å². The third-order valence-electron chi connectivity index (χ3n) is 2.95. The maximum absolute atomic E-state index is 11.9. The normalized spacial score (nSPS) is 13.0. The number of aliphatic hydroxyl groups excluding tert-OH is 1. The minimum atomic E-state index is -4.30. The number of hydrogen-bond donors (Lipinski definition) is 4. The van der Waals surface area contributed by atoms with Crippen molar-refractivity contribution in [2.24, 2.45) is 0 Å². The average molecular weight is 339 g/mol. The molecule has 0 bridgehead atoms. The molecule has 0 saturated carbocycles. The summed E-state index contributed by atoms with van der Waals surface area (Å²) < 4.78 is 30.7. The van der Waals surface area contributed by atoms with Gasteiger partial charge in [0.2, 0.25) is 0 Å². The topological polar surface area (TPSA) is 140 Å². The Balaban J connectivity index is 2.81. The molecule has 124 valence electrons. The van der Waals surface area contributed by atoms with Crippen LogP contribution in [0.5, 0.6) is 0 Å². The summed E-state index contributed by atoms with van der Waals surface area (Å²) in [6.45, 7) is 1.70. The number of nitrogens with one attached hydrogen (secondary N) is 2. The molecule has 0 aromatic heterocycles. The Morgan fingerprint density at radius 2 is 2.00 bits per heavy atom. The first-order chi connectivity index (χ1) is 10.8. The molecule has 8 nitrogen and oxygen atoms in total. The van der Waals surface area contributed by atoms with E-state index < -0.39 is 16.0 Å². The quantitative estimate of drug-likeness (QED) is 0.325. The zero-order valence-electron chi connectivity index (χ0n) is 12.4. The van der Waals surface area contributed by atoms with Crippen molar-refractivity contribution in [3.63, 3.8) is 0 Å². The Bertz CT molecular complexity index is 716. The number of hydrogen-bond acceptors (Lipinski definition) is 6. The van der Waals surface area contributed by atoms with Gasteiger partial charge in [0.05, 0.1) is 11.5 Å². The van der Waals surface area contributed by atoms with Crippen molar-refractivity contribution in [1.82, 2.24) is 5.32 Å². The van der Waals surface area contributed by atoms with Crippen LogP contribution in [-0.2, 0) is 14.9 Å². The largest absolute Gasteiger partial charge is 0.394 e. The van der Waals surface area contributed by atoms with Gasteiger partial charge in [-0.05, 0) is 30.7 Å². The molecule has 0 fully saturated rings. The summed E-state index contributed by atoms with van der Waals surface area (Å²) in [5, 5.41) is 23.2. The second kappa shape index (κ2) is 8.28. The number of carbonyl (C=O) groups is 1. The van der Waals surface area contributed by atoms with Crippen LogP contribution in [0.4, 0.5) is 5.69 Å². The first kappa shape index (κ1) is 18.6. The Kier molecular flexibility index (Phi) is 6.71. The van der Waals surface area contributed by atoms with Gasteiger partial charge in [0.1, 0.15) is 11.6 Å². The van der Waals surface area contributed by atoms with Crippen molar-refractivity contribution in [1.29, 1.82) is 5.26 Å². The highest BCUT2D eigenvalue weighted by atomic mass is 32.2. The second-order valence-electron chi connectivity index (χ2n) is 4.58. The van der Waals surface area contributed by atoms with E-state index in [4.69, 9.17) is 14.9 Å². The second-order valence-corrected chi connectivity index (χ2v) is 6.00. The lowest BCUT2D eigenvalue weighted by Crippen LogP contribution is -2.28. The molecular formula is C14H17N3O5S. The van der Waals surface area contributed by atoms with Gasteiger partial charge in [0, 0.05) is 17.9 Å². The van der Waals surface area contributed by atoms with E-state index in [-0.39, 0.29) is 28.8 Å². The van der Waals surface area contributed by atoms with E-state index in [1.54, 1.807) is 6.07 Å². The fourth-order valence-electron chi connectivity index (χ4n) is 1.56. The predicted octanol–water partition coefficient (Wildman–Crippen LogP) is 0.640. The van der Waals surface area contributed by atoms with Gasteiger partial charge in [-0.15, -0.1) is 0 Å². The van der Waals surface area contributed by atoms with Crippen LogP contribution in [0.2, 0.25) is 0 Å². The summed E-state index contributed by atoms with van der Waals surface area (Å²) >= 11 is 0. The Morgan fingerprint density at radius 1 is 1.39 bits per heavy atom. The van der Waals surface area contributed by atoms with E-state index in [0.717, 1.165) is 12.1 Å². The average Bonchev–Trinajstić information content (AvgIpc) is 2.51. The van der Waals surface area contributed by atoms with Gasteiger partial charge in [0.15, 0.2) is 0 Å². The maximum atomic E-state index is 11.9. The highest BCUT2D eigenvalue weighted by molar-refractivity contribution is 7.85. The van der Waals surface area contributed by atoms with Crippen molar-refractivity contribution in [3.05, 3.63) is 36.0 Å². The molecule has 0 aliphatic rings. The molecule has 1 rings (SSSR count). The third kappa shape index (κ3) is 5.71. The number of rotatable bonds is 7.